The highest BCUT2D eigenvalue weighted by molar-refractivity contribution is 7.99. The molecule has 5 rings (SSSR count). The summed E-state index contributed by atoms with van der Waals surface area (Å²) >= 11 is 1.73. The fourth-order valence-corrected chi connectivity index (χ4v) is 6.95. The van der Waals surface area contributed by atoms with E-state index in [0.717, 1.165) is 47.0 Å². The Morgan fingerprint density at radius 1 is 1.03 bits per heavy atom. The average molecular weight is 519 g/mol. The summed E-state index contributed by atoms with van der Waals surface area (Å²) in [6, 6.07) is 17.0. The van der Waals surface area contributed by atoms with E-state index in [4.69, 9.17) is 14.2 Å². The van der Waals surface area contributed by atoms with Gasteiger partial charge in [0.15, 0.2) is 0 Å². The molecule has 0 aromatic heterocycles. The van der Waals surface area contributed by atoms with E-state index in [9.17, 15) is 9.90 Å². The highest BCUT2D eigenvalue weighted by Gasteiger charge is 2.29. The van der Waals surface area contributed by atoms with Crippen molar-refractivity contribution in [3.63, 3.8) is 0 Å². The summed E-state index contributed by atoms with van der Waals surface area (Å²) in [7, 11) is 1.71. The van der Waals surface area contributed by atoms with Gasteiger partial charge < -0.3 is 19.3 Å². The van der Waals surface area contributed by atoms with E-state index < -0.39 is 5.97 Å². The summed E-state index contributed by atoms with van der Waals surface area (Å²) in [6.07, 6.45) is 2.98. The zero-order valence-corrected chi connectivity index (χ0v) is 22.5. The number of hydrogen-bond acceptors (Lipinski definition) is 5. The minimum Gasteiger partial charge on any atom is -0.493 e. The number of carbonyl (C=O) groups is 1. The standard InChI is InChI=1S/C31H34O5S/c1-19-14-23(35-13-5-12-34-3)15-20(2)31(19)27-7-4-6-26-25(27)10-11-28(26)36-22-8-9-24-21(16-30(32)33)18-37-29(24)17-22/h4,6-9,14-15,17,21,28H,5,10-13,16,18H2,1-3H3,(H,32,33)/t21-,28?/m1/s1. The fourth-order valence-electron chi connectivity index (χ4n) is 5.67. The van der Waals surface area contributed by atoms with Gasteiger partial charge in [0.25, 0.3) is 0 Å². The van der Waals surface area contributed by atoms with Crippen molar-refractivity contribution in [1.29, 1.82) is 0 Å². The van der Waals surface area contributed by atoms with Crippen LogP contribution in [0.3, 0.4) is 0 Å². The quantitative estimate of drug-likeness (QED) is 0.288. The van der Waals surface area contributed by atoms with Crippen LogP contribution < -0.4 is 9.47 Å². The predicted molar refractivity (Wildman–Crippen MR) is 147 cm³/mol. The second-order valence-electron chi connectivity index (χ2n) is 9.95. The van der Waals surface area contributed by atoms with Crippen LogP contribution in [0.25, 0.3) is 11.1 Å². The van der Waals surface area contributed by atoms with Gasteiger partial charge >= 0.3 is 5.97 Å². The molecule has 1 aliphatic heterocycles. The molecule has 0 saturated carbocycles. The van der Waals surface area contributed by atoms with E-state index in [1.165, 1.54) is 33.4 Å². The van der Waals surface area contributed by atoms with Crippen molar-refractivity contribution in [1.82, 2.24) is 0 Å². The molecule has 3 aromatic rings. The first kappa shape index (κ1) is 25.7. The maximum Gasteiger partial charge on any atom is 0.303 e. The average Bonchev–Trinajstić information content (AvgIpc) is 3.45. The molecule has 2 aliphatic rings. The number of hydrogen-bond donors (Lipinski definition) is 1. The third-order valence-corrected chi connectivity index (χ3v) is 8.55. The van der Waals surface area contributed by atoms with E-state index in [1.54, 1.807) is 18.9 Å². The Balaban J connectivity index is 1.35. The number of thioether (sulfide) groups is 1. The number of fused-ring (bicyclic) bond motifs is 2. The largest absolute Gasteiger partial charge is 0.493 e. The minimum atomic E-state index is -0.744. The first-order valence-corrected chi connectivity index (χ1v) is 13.9. The minimum absolute atomic E-state index is 0.0122. The maximum atomic E-state index is 11.2. The van der Waals surface area contributed by atoms with E-state index in [-0.39, 0.29) is 18.4 Å². The predicted octanol–water partition coefficient (Wildman–Crippen LogP) is 7.12. The van der Waals surface area contributed by atoms with Gasteiger partial charge in [0.05, 0.1) is 13.0 Å². The monoisotopic (exact) mass is 518 g/mol. The van der Waals surface area contributed by atoms with E-state index >= 15 is 0 Å². The molecule has 1 N–H and O–H groups in total. The Morgan fingerprint density at radius 2 is 1.84 bits per heavy atom. The Kier molecular flexibility index (Phi) is 7.77. The Labute approximate surface area is 223 Å². The van der Waals surface area contributed by atoms with E-state index in [1.807, 2.05) is 6.07 Å². The summed E-state index contributed by atoms with van der Waals surface area (Å²) in [5, 5.41) is 9.20. The number of carboxylic acids is 1. The first-order valence-electron chi connectivity index (χ1n) is 12.9. The Hall–Kier alpha value is -2.96. The van der Waals surface area contributed by atoms with Gasteiger partial charge in [-0.15, -0.1) is 11.8 Å². The van der Waals surface area contributed by atoms with Crippen LogP contribution in [0, 0.1) is 13.8 Å². The number of ether oxygens (including phenoxy) is 3. The molecule has 0 saturated heterocycles. The number of aryl methyl sites for hydroxylation is 2. The lowest BCUT2D eigenvalue weighted by atomic mass is 9.90. The van der Waals surface area contributed by atoms with Crippen LogP contribution in [0.5, 0.6) is 11.5 Å². The third-order valence-electron chi connectivity index (χ3n) is 7.32. The highest BCUT2D eigenvalue weighted by Crippen LogP contribution is 2.45. The molecular formula is C31H34O5S. The van der Waals surface area contributed by atoms with Gasteiger partial charge in [-0.1, -0.05) is 24.3 Å². The molecule has 3 aromatic carbocycles. The lowest BCUT2D eigenvalue weighted by molar-refractivity contribution is -0.137. The summed E-state index contributed by atoms with van der Waals surface area (Å²) in [5.41, 5.74) is 8.74. The zero-order chi connectivity index (χ0) is 25.9. The second-order valence-corrected chi connectivity index (χ2v) is 11.0. The van der Waals surface area contributed by atoms with Crippen LogP contribution in [-0.4, -0.2) is 37.2 Å². The van der Waals surface area contributed by atoms with Crippen LogP contribution in [0.15, 0.2) is 53.4 Å². The van der Waals surface area contributed by atoms with Crippen LogP contribution in [0.4, 0.5) is 0 Å². The lowest BCUT2D eigenvalue weighted by Gasteiger charge is -2.19. The molecule has 1 aliphatic carbocycles. The zero-order valence-electron chi connectivity index (χ0n) is 21.7. The number of benzene rings is 3. The first-order chi connectivity index (χ1) is 17.9. The molecule has 0 fully saturated rings. The summed E-state index contributed by atoms with van der Waals surface area (Å²) < 4.78 is 17.6. The van der Waals surface area contributed by atoms with Crippen molar-refractivity contribution in [2.24, 2.45) is 0 Å². The molecule has 0 spiro atoms. The second kappa shape index (κ2) is 11.2. The molecule has 5 nitrogen and oxygen atoms in total. The maximum absolute atomic E-state index is 11.2. The van der Waals surface area contributed by atoms with Crippen molar-refractivity contribution in [2.45, 2.75) is 56.4 Å². The van der Waals surface area contributed by atoms with Gasteiger partial charge in [-0.3, -0.25) is 4.79 Å². The summed E-state index contributed by atoms with van der Waals surface area (Å²) in [5.74, 6) is 1.91. The van der Waals surface area contributed by atoms with Gasteiger partial charge in [-0.2, -0.15) is 0 Å². The molecule has 0 radical (unpaired) electrons. The fraction of sp³-hybridized carbons (Fsp3) is 0.387. The molecule has 194 valence electrons. The van der Waals surface area contributed by atoms with Crippen LogP contribution in [-0.2, 0) is 16.0 Å². The number of carboxylic acid groups (broad SMARTS) is 1. The highest BCUT2D eigenvalue weighted by atomic mass is 32.2. The van der Waals surface area contributed by atoms with E-state index in [0.29, 0.717) is 13.2 Å². The normalized spacial score (nSPS) is 17.9. The lowest BCUT2D eigenvalue weighted by Crippen LogP contribution is -2.06. The third kappa shape index (κ3) is 5.51. The molecule has 6 heteroatoms. The molecular weight excluding hydrogens is 484 g/mol. The van der Waals surface area contributed by atoms with Gasteiger partial charge in [0.1, 0.15) is 17.6 Å². The van der Waals surface area contributed by atoms with Crippen molar-refractivity contribution in [3.8, 4) is 22.6 Å². The number of rotatable bonds is 10. The number of aliphatic carboxylic acids is 1. The Morgan fingerprint density at radius 3 is 2.59 bits per heavy atom. The molecule has 1 heterocycles. The van der Waals surface area contributed by atoms with Crippen molar-refractivity contribution in [2.75, 3.05) is 26.1 Å². The molecule has 0 bridgehead atoms. The summed E-state index contributed by atoms with van der Waals surface area (Å²) in [6.45, 7) is 5.66. The van der Waals surface area contributed by atoms with Gasteiger partial charge in [0, 0.05) is 36.7 Å². The van der Waals surface area contributed by atoms with Crippen molar-refractivity contribution in [3.05, 3.63) is 76.3 Å². The van der Waals surface area contributed by atoms with Gasteiger partial charge in [-0.25, -0.2) is 0 Å². The smallest absolute Gasteiger partial charge is 0.303 e. The van der Waals surface area contributed by atoms with Crippen molar-refractivity contribution < 1.29 is 24.1 Å². The Bertz CT molecular complexity index is 1280. The molecule has 0 amide bonds. The van der Waals surface area contributed by atoms with Gasteiger partial charge in [0.2, 0.25) is 0 Å². The topological polar surface area (TPSA) is 65.0 Å². The molecule has 37 heavy (non-hydrogen) atoms. The molecule has 2 atom stereocenters. The van der Waals surface area contributed by atoms with Crippen molar-refractivity contribution >= 4 is 17.7 Å². The van der Waals surface area contributed by atoms with E-state index in [2.05, 4.69) is 56.3 Å². The number of methoxy groups -OCH3 is 1. The van der Waals surface area contributed by atoms with Gasteiger partial charge in [-0.05, 0) is 89.9 Å². The summed E-state index contributed by atoms with van der Waals surface area (Å²) in [4.78, 5) is 12.3. The van der Waals surface area contributed by atoms with Crippen LogP contribution in [0.2, 0.25) is 0 Å². The van der Waals surface area contributed by atoms with Crippen LogP contribution >= 0.6 is 11.8 Å². The SMILES string of the molecule is COCCCOc1cc(C)c(-c2cccc3c2CCC3Oc2ccc3c(c2)SC[C@H]3CC(=O)O)c(C)c1. The molecule has 1 unspecified atom stereocenters. The van der Waals surface area contributed by atoms with Crippen LogP contribution in [0.1, 0.15) is 59.1 Å².